The van der Waals surface area contributed by atoms with Crippen molar-refractivity contribution in [2.24, 2.45) is 7.05 Å². The zero-order valence-corrected chi connectivity index (χ0v) is 10.9. The molecule has 1 heterocycles. The van der Waals surface area contributed by atoms with Crippen LogP contribution in [0.15, 0.2) is 34.3 Å². The van der Waals surface area contributed by atoms with Crippen LogP contribution in [0.5, 0.6) is 0 Å². The monoisotopic (exact) mass is 297 g/mol. The molecule has 2 aromatic rings. The number of halogens is 1. The van der Waals surface area contributed by atoms with Crippen LogP contribution in [0.3, 0.4) is 0 Å². The fraction of sp³-hybridized carbons (Fsp3) is 0.0909. The first-order valence-corrected chi connectivity index (χ1v) is 6.08. The molecule has 0 bridgehead atoms. The molecular weight excluding hydrogens is 289 g/mol. The van der Waals surface area contributed by atoms with Crippen LogP contribution in [0.1, 0.15) is 10.4 Å². The highest BCUT2D eigenvalue weighted by molar-refractivity contribution is 7.99. The summed E-state index contributed by atoms with van der Waals surface area (Å²) < 4.78 is 15.3. The average molecular weight is 297 g/mol. The standard InChI is InChI=1S/C11H8FN3O4S/c1-14-5-6(4-13-14)20-10-2-7(11(16)17)9(15(18)19)3-8(10)12/h2-5H,1H3,(H,16,17). The number of carboxylic acid groups (broad SMARTS) is 1. The molecule has 20 heavy (non-hydrogen) atoms. The molecule has 7 nitrogen and oxygen atoms in total. The molecule has 1 aromatic heterocycles. The largest absolute Gasteiger partial charge is 0.477 e. The van der Waals surface area contributed by atoms with Crippen molar-refractivity contribution in [3.63, 3.8) is 0 Å². The van der Waals surface area contributed by atoms with E-state index in [-0.39, 0.29) is 4.90 Å². The second kappa shape index (κ2) is 5.29. The molecule has 0 aliphatic carbocycles. The Kier molecular flexibility index (Phi) is 3.70. The van der Waals surface area contributed by atoms with E-state index in [1.807, 2.05) is 0 Å². The highest BCUT2D eigenvalue weighted by atomic mass is 32.2. The van der Waals surface area contributed by atoms with Crippen LogP contribution in [-0.4, -0.2) is 25.8 Å². The summed E-state index contributed by atoms with van der Waals surface area (Å²) in [5.41, 5.74) is -1.33. The summed E-state index contributed by atoms with van der Waals surface area (Å²) in [6.45, 7) is 0. The van der Waals surface area contributed by atoms with E-state index in [1.54, 1.807) is 13.2 Å². The van der Waals surface area contributed by atoms with Gasteiger partial charge in [0.25, 0.3) is 5.69 Å². The Morgan fingerprint density at radius 2 is 2.25 bits per heavy atom. The van der Waals surface area contributed by atoms with E-state index >= 15 is 0 Å². The van der Waals surface area contributed by atoms with Crippen molar-refractivity contribution in [2.75, 3.05) is 0 Å². The Labute approximate surface area is 116 Å². The number of hydrogen-bond acceptors (Lipinski definition) is 5. The number of rotatable bonds is 4. The number of benzene rings is 1. The van der Waals surface area contributed by atoms with Gasteiger partial charge >= 0.3 is 5.97 Å². The van der Waals surface area contributed by atoms with Crippen molar-refractivity contribution in [1.29, 1.82) is 0 Å². The zero-order valence-electron chi connectivity index (χ0n) is 10.1. The summed E-state index contributed by atoms with van der Waals surface area (Å²) in [6, 6.07) is 1.57. The molecule has 0 saturated heterocycles. The number of nitro groups is 1. The van der Waals surface area contributed by atoms with E-state index in [4.69, 9.17) is 5.11 Å². The molecule has 0 spiro atoms. The quantitative estimate of drug-likeness (QED) is 0.687. The highest BCUT2D eigenvalue weighted by Gasteiger charge is 2.23. The minimum absolute atomic E-state index is 0.0130. The van der Waals surface area contributed by atoms with Gasteiger partial charge in [-0.05, 0) is 6.07 Å². The number of aryl methyl sites for hydroxylation is 1. The predicted octanol–water partition coefficient (Wildman–Crippen LogP) is 2.32. The molecule has 104 valence electrons. The third-order valence-corrected chi connectivity index (χ3v) is 3.37. The number of hydrogen-bond donors (Lipinski definition) is 1. The zero-order chi connectivity index (χ0) is 14.9. The molecule has 1 N–H and O–H groups in total. The Hall–Kier alpha value is -2.42. The SMILES string of the molecule is Cn1cc(Sc2cc(C(=O)O)c([N+](=O)[O-])cc2F)cn1. The van der Waals surface area contributed by atoms with Gasteiger partial charge in [-0.2, -0.15) is 5.10 Å². The number of nitrogens with zero attached hydrogens (tertiary/aromatic N) is 3. The second-order valence-corrected chi connectivity index (χ2v) is 4.93. The van der Waals surface area contributed by atoms with Crippen molar-refractivity contribution in [2.45, 2.75) is 9.79 Å². The number of carbonyl (C=O) groups is 1. The second-order valence-electron chi connectivity index (χ2n) is 3.81. The molecule has 9 heteroatoms. The number of aromatic nitrogens is 2. The summed E-state index contributed by atoms with van der Waals surface area (Å²) in [5, 5.41) is 23.5. The molecular formula is C11H8FN3O4S. The minimum atomic E-state index is -1.48. The van der Waals surface area contributed by atoms with Gasteiger partial charge in [0, 0.05) is 18.1 Å². The van der Waals surface area contributed by atoms with Gasteiger partial charge in [0.05, 0.1) is 22.1 Å². The normalized spacial score (nSPS) is 10.5. The third kappa shape index (κ3) is 2.77. The molecule has 0 fully saturated rings. The Morgan fingerprint density at radius 1 is 1.55 bits per heavy atom. The summed E-state index contributed by atoms with van der Waals surface area (Å²) in [6.07, 6.45) is 3.10. The third-order valence-electron chi connectivity index (χ3n) is 2.39. The number of nitro benzene ring substituents is 1. The van der Waals surface area contributed by atoms with Crippen LogP contribution in [0.2, 0.25) is 0 Å². The van der Waals surface area contributed by atoms with Gasteiger partial charge in [-0.15, -0.1) is 0 Å². The van der Waals surface area contributed by atoms with Crippen molar-refractivity contribution < 1.29 is 19.2 Å². The lowest BCUT2D eigenvalue weighted by Gasteiger charge is -2.04. The Bertz CT molecular complexity index is 701. The topological polar surface area (TPSA) is 98.3 Å². The molecule has 0 amide bonds. The van der Waals surface area contributed by atoms with Crippen molar-refractivity contribution >= 4 is 23.4 Å². The molecule has 0 saturated carbocycles. The molecule has 0 radical (unpaired) electrons. The molecule has 2 rings (SSSR count). The molecule has 0 atom stereocenters. The minimum Gasteiger partial charge on any atom is -0.477 e. The van der Waals surface area contributed by atoms with Crippen LogP contribution < -0.4 is 0 Å². The van der Waals surface area contributed by atoms with E-state index in [0.29, 0.717) is 11.0 Å². The van der Waals surface area contributed by atoms with Crippen LogP contribution in [0, 0.1) is 15.9 Å². The average Bonchev–Trinajstić information content (AvgIpc) is 2.76. The number of carboxylic acids is 1. The first-order chi connectivity index (χ1) is 9.38. The summed E-state index contributed by atoms with van der Waals surface area (Å²) in [4.78, 5) is 21.4. The van der Waals surface area contributed by atoms with Gasteiger partial charge in [-0.1, -0.05) is 11.8 Å². The smallest absolute Gasteiger partial charge is 0.342 e. The predicted molar refractivity (Wildman–Crippen MR) is 67.3 cm³/mol. The van der Waals surface area contributed by atoms with Gasteiger partial charge in [-0.3, -0.25) is 14.8 Å². The first-order valence-electron chi connectivity index (χ1n) is 5.26. The fourth-order valence-corrected chi connectivity index (χ4v) is 2.41. The van der Waals surface area contributed by atoms with E-state index in [0.717, 1.165) is 17.8 Å². The molecule has 0 aliphatic heterocycles. The maximum Gasteiger partial charge on any atom is 0.342 e. The summed E-state index contributed by atoms with van der Waals surface area (Å²) in [7, 11) is 1.68. The van der Waals surface area contributed by atoms with Crippen molar-refractivity contribution in [3.8, 4) is 0 Å². The Balaban J connectivity index is 2.46. The van der Waals surface area contributed by atoms with E-state index in [1.165, 1.54) is 10.9 Å². The lowest BCUT2D eigenvalue weighted by Crippen LogP contribution is -2.04. The van der Waals surface area contributed by atoms with Crippen LogP contribution in [0.25, 0.3) is 0 Å². The maximum atomic E-state index is 13.8. The van der Waals surface area contributed by atoms with Crippen molar-refractivity contribution in [3.05, 3.63) is 46.0 Å². The van der Waals surface area contributed by atoms with Gasteiger partial charge in [0.15, 0.2) is 0 Å². The fourth-order valence-electron chi connectivity index (χ4n) is 1.52. The van der Waals surface area contributed by atoms with E-state index in [2.05, 4.69) is 5.10 Å². The van der Waals surface area contributed by atoms with Crippen LogP contribution in [-0.2, 0) is 7.05 Å². The van der Waals surface area contributed by atoms with Crippen molar-refractivity contribution in [1.82, 2.24) is 9.78 Å². The summed E-state index contributed by atoms with van der Waals surface area (Å²) >= 11 is 0.943. The van der Waals surface area contributed by atoms with Gasteiger partial charge < -0.3 is 5.11 Å². The summed E-state index contributed by atoms with van der Waals surface area (Å²) in [5.74, 6) is -2.33. The van der Waals surface area contributed by atoms with E-state index in [9.17, 15) is 19.3 Å². The lowest BCUT2D eigenvalue weighted by atomic mass is 10.2. The lowest BCUT2D eigenvalue weighted by molar-refractivity contribution is -0.385. The maximum absolute atomic E-state index is 13.8. The van der Waals surface area contributed by atoms with Crippen LogP contribution >= 0.6 is 11.8 Å². The Morgan fingerprint density at radius 3 is 2.75 bits per heavy atom. The highest BCUT2D eigenvalue weighted by Crippen LogP contribution is 2.33. The molecule has 0 aliphatic rings. The van der Waals surface area contributed by atoms with E-state index < -0.39 is 28.0 Å². The van der Waals surface area contributed by atoms with Crippen LogP contribution in [0.4, 0.5) is 10.1 Å². The number of aromatic carboxylic acids is 1. The molecule has 0 unspecified atom stereocenters. The molecule has 1 aromatic carbocycles. The van der Waals surface area contributed by atoms with Gasteiger partial charge in [-0.25, -0.2) is 9.18 Å². The van der Waals surface area contributed by atoms with Gasteiger partial charge in [0.2, 0.25) is 0 Å². The first kappa shape index (κ1) is 14.0. The van der Waals surface area contributed by atoms with Gasteiger partial charge in [0.1, 0.15) is 11.4 Å².